The highest BCUT2D eigenvalue weighted by molar-refractivity contribution is 7.89. The SMILES string of the molecule is CCN(CC)S(=O)(=O)c1cc(C(=O)OCC(=O)NCC(C)C)ccc1F. The Morgan fingerprint density at radius 1 is 1.23 bits per heavy atom. The number of amides is 1. The number of halogens is 1. The third-order valence-corrected chi connectivity index (χ3v) is 5.60. The lowest BCUT2D eigenvalue weighted by atomic mass is 10.2. The van der Waals surface area contributed by atoms with Gasteiger partial charge in [-0.15, -0.1) is 0 Å². The van der Waals surface area contributed by atoms with Crippen LogP contribution in [0.3, 0.4) is 0 Å². The van der Waals surface area contributed by atoms with Crippen LogP contribution in [0.25, 0.3) is 0 Å². The molecule has 1 amide bonds. The summed E-state index contributed by atoms with van der Waals surface area (Å²) in [5.74, 6) is -2.08. The molecule has 0 saturated heterocycles. The zero-order valence-electron chi connectivity index (χ0n) is 15.4. The van der Waals surface area contributed by atoms with Crippen molar-refractivity contribution in [2.75, 3.05) is 26.2 Å². The van der Waals surface area contributed by atoms with Crippen molar-refractivity contribution in [3.05, 3.63) is 29.6 Å². The van der Waals surface area contributed by atoms with Gasteiger partial charge in [0.05, 0.1) is 5.56 Å². The average molecular weight is 388 g/mol. The zero-order valence-corrected chi connectivity index (χ0v) is 16.2. The Bertz CT molecular complexity index is 746. The van der Waals surface area contributed by atoms with Crippen LogP contribution < -0.4 is 5.32 Å². The summed E-state index contributed by atoms with van der Waals surface area (Å²) in [6.07, 6.45) is 0. The quantitative estimate of drug-likeness (QED) is 0.651. The molecule has 0 radical (unpaired) electrons. The molecule has 0 spiro atoms. The van der Waals surface area contributed by atoms with E-state index in [-0.39, 0.29) is 24.6 Å². The second-order valence-electron chi connectivity index (χ2n) is 6.01. The fourth-order valence-electron chi connectivity index (χ4n) is 2.11. The lowest BCUT2D eigenvalue weighted by Gasteiger charge is -2.19. The minimum absolute atomic E-state index is 0.145. The van der Waals surface area contributed by atoms with Gasteiger partial charge in [0.2, 0.25) is 10.0 Å². The van der Waals surface area contributed by atoms with Gasteiger partial charge in [-0.2, -0.15) is 4.31 Å². The first-order valence-corrected chi connectivity index (χ1v) is 9.80. The van der Waals surface area contributed by atoms with Crippen molar-refractivity contribution in [2.45, 2.75) is 32.6 Å². The van der Waals surface area contributed by atoms with E-state index in [0.717, 1.165) is 22.5 Å². The van der Waals surface area contributed by atoms with Gasteiger partial charge in [-0.05, 0) is 24.1 Å². The molecule has 1 aromatic rings. The summed E-state index contributed by atoms with van der Waals surface area (Å²) < 4.78 is 44.9. The number of carbonyl (C=O) groups is 2. The van der Waals surface area contributed by atoms with Crippen LogP contribution in [0, 0.1) is 11.7 Å². The molecule has 0 unspecified atom stereocenters. The molecule has 0 aliphatic carbocycles. The number of rotatable bonds is 9. The topological polar surface area (TPSA) is 92.8 Å². The maximum absolute atomic E-state index is 14.0. The van der Waals surface area contributed by atoms with Crippen LogP contribution in [-0.4, -0.2) is 50.8 Å². The number of carbonyl (C=O) groups excluding carboxylic acids is 2. The first-order chi connectivity index (χ1) is 12.1. The first-order valence-electron chi connectivity index (χ1n) is 8.36. The standard InChI is InChI=1S/C17H25FN2O5S/c1-5-20(6-2)26(23,24)15-9-13(7-8-14(15)18)17(22)25-11-16(21)19-10-12(3)4/h7-9,12H,5-6,10-11H2,1-4H3,(H,19,21). The van der Waals surface area contributed by atoms with Crippen LogP contribution >= 0.6 is 0 Å². The van der Waals surface area contributed by atoms with E-state index in [9.17, 15) is 22.4 Å². The molecule has 1 rings (SSSR count). The summed E-state index contributed by atoms with van der Waals surface area (Å²) in [5.41, 5.74) is -0.145. The smallest absolute Gasteiger partial charge is 0.338 e. The van der Waals surface area contributed by atoms with Crippen LogP contribution in [0.5, 0.6) is 0 Å². The minimum Gasteiger partial charge on any atom is -0.452 e. The molecule has 0 saturated carbocycles. The van der Waals surface area contributed by atoms with E-state index < -0.39 is 39.2 Å². The predicted octanol–water partition coefficient (Wildman–Crippen LogP) is 1.79. The van der Waals surface area contributed by atoms with Crippen molar-refractivity contribution in [2.24, 2.45) is 5.92 Å². The van der Waals surface area contributed by atoms with Crippen molar-refractivity contribution < 1.29 is 27.1 Å². The third-order valence-electron chi connectivity index (χ3n) is 3.53. The van der Waals surface area contributed by atoms with Gasteiger partial charge in [-0.3, -0.25) is 4.79 Å². The number of hydrogen-bond donors (Lipinski definition) is 1. The number of nitrogens with zero attached hydrogens (tertiary/aromatic N) is 1. The summed E-state index contributed by atoms with van der Waals surface area (Å²) in [4.78, 5) is 23.0. The first kappa shape index (κ1) is 22.0. The van der Waals surface area contributed by atoms with Crippen molar-refractivity contribution in [1.29, 1.82) is 0 Å². The van der Waals surface area contributed by atoms with E-state index in [2.05, 4.69) is 5.32 Å². The van der Waals surface area contributed by atoms with Crippen LogP contribution in [0.4, 0.5) is 4.39 Å². The molecule has 0 aromatic heterocycles. The van der Waals surface area contributed by atoms with E-state index in [4.69, 9.17) is 4.74 Å². The number of esters is 1. The Balaban J connectivity index is 2.92. The fourth-order valence-corrected chi connectivity index (χ4v) is 3.66. The summed E-state index contributed by atoms with van der Waals surface area (Å²) in [6.45, 7) is 7.39. The largest absolute Gasteiger partial charge is 0.452 e. The molecule has 0 atom stereocenters. The van der Waals surface area contributed by atoms with Crippen molar-refractivity contribution >= 4 is 21.9 Å². The van der Waals surface area contributed by atoms with E-state index in [1.165, 1.54) is 0 Å². The van der Waals surface area contributed by atoms with Crippen LogP contribution in [0.1, 0.15) is 38.1 Å². The Labute approximate surface area is 153 Å². The maximum atomic E-state index is 14.0. The lowest BCUT2D eigenvalue weighted by Crippen LogP contribution is -2.32. The van der Waals surface area contributed by atoms with Crippen LogP contribution in [0.2, 0.25) is 0 Å². The van der Waals surface area contributed by atoms with Crippen molar-refractivity contribution in [3.8, 4) is 0 Å². The fraction of sp³-hybridized carbons (Fsp3) is 0.529. The molecular formula is C17H25FN2O5S. The maximum Gasteiger partial charge on any atom is 0.338 e. The molecule has 1 aromatic carbocycles. The van der Waals surface area contributed by atoms with E-state index >= 15 is 0 Å². The molecule has 0 heterocycles. The molecule has 0 aliphatic rings. The summed E-state index contributed by atoms with van der Waals surface area (Å²) in [6, 6.07) is 2.94. The highest BCUT2D eigenvalue weighted by Gasteiger charge is 2.26. The highest BCUT2D eigenvalue weighted by atomic mass is 32.2. The van der Waals surface area contributed by atoms with Gasteiger partial charge in [0, 0.05) is 19.6 Å². The summed E-state index contributed by atoms with van der Waals surface area (Å²) in [7, 11) is -4.07. The molecule has 9 heteroatoms. The number of nitrogens with one attached hydrogen (secondary N) is 1. The van der Waals surface area contributed by atoms with Crippen LogP contribution in [-0.2, 0) is 19.6 Å². The molecule has 0 bridgehead atoms. The molecule has 146 valence electrons. The van der Waals surface area contributed by atoms with E-state index in [1.54, 1.807) is 13.8 Å². The minimum atomic E-state index is -4.07. The Morgan fingerprint density at radius 3 is 2.38 bits per heavy atom. The van der Waals surface area contributed by atoms with Crippen molar-refractivity contribution in [1.82, 2.24) is 9.62 Å². The number of sulfonamides is 1. The van der Waals surface area contributed by atoms with Crippen molar-refractivity contribution in [3.63, 3.8) is 0 Å². The van der Waals surface area contributed by atoms with Gasteiger partial charge in [-0.1, -0.05) is 27.7 Å². The number of ether oxygens (including phenoxy) is 1. The van der Waals surface area contributed by atoms with Gasteiger partial charge in [0.25, 0.3) is 5.91 Å². The highest BCUT2D eigenvalue weighted by Crippen LogP contribution is 2.21. The lowest BCUT2D eigenvalue weighted by molar-refractivity contribution is -0.124. The Kier molecular flexibility index (Phi) is 8.16. The third kappa shape index (κ3) is 5.77. The van der Waals surface area contributed by atoms with Gasteiger partial charge in [-0.25, -0.2) is 17.6 Å². The molecule has 7 nitrogen and oxygen atoms in total. The molecular weight excluding hydrogens is 363 g/mol. The Hall–Kier alpha value is -2.00. The Morgan fingerprint density at radius 2 is 1.85 bits per heavy atom. The zero-order chi connectivity index (χ0) is 19.9. The monoisotopic (exact) mass is 388 g/mol. The van der Waals surface area contributed by atoms with Gasteiger partial charge >= 0.3 is 5.97 Å². The predicted molar refractivity (Wildman–Crippen MR) is 94.6 cm³/mol. The summed E-state index contributed by atoms with van der Waals surface area (Å²) >= 11 is 0. The molecule has 0 aliphatic heterocycles. The van der Waals surface area contributed by atoms with E-state index in [0.29, 0.717) is 6.54 Å². The second kappa shape index (κ2) is 9.63. The number of benzene rings is 1. The van der Waals surface area contributed by atoms with Gasteiger partial charge in [0.15, 0.2) is 6.61 Å². The van der Waals surface area contributed by atoms with Gasteiger partial charge in [0.1, 0.15) is 10.7 Å². The summed E-state index contributed by atoms with van der Waals surface area (Å²) in [5, 5.41) is 2.59. The van der Waals surface area contributed by atoms with Crippen LogP contribution in [0.15, 0.2) is 23.1 Å². The van der Waals surface area contributed by atoms with E-state index in [1.807, 2.05) is 13.8 Å². The molecule has 0 fully saturated rings. The normalized spacial score (nSPS) is 11.7. The average Bonchev–Trinajstić information content (AvgIpc) is 2.58. The molecule has 1 N–H and O–H groups in total. The molecule has 26 heavy (non-hydrogen) atoms. The second-order valence-corrected chi connectivity index (χ2v) is 7.91. The van der Waals surface area contributed by atoms with Gasteiger partial charge < -0.3 is 10.1 Å². The number of hydrogen-bond acceptors (Lipinski definition) is 5.